The minimum Gasteiger partial charge on any atom is -0.352 e. The second-order valence-corrected chi connectivity index (χ2v) is 10.2. The van der Waals surface area contributed by atoms with Crippen LogP contribution in [0.5, 0.6) is 0 Å². The van der Waals surface area contributed by atoms with Crippen LogP contribution >= 0.6 is 11.6 Å². The van der Waals surface area contributed by atoms with E-state index in [0.717, 1.165) is 31.2 Å². The Balaban J connectivity index is 1.45. The van der Waals surface area contributed by atoms with Gasteiger partial charge in [0.25, 0.3) is 11.8 Å². The molecule has 37 heavy (non-hydrogen) atoms. The van der Waals surface area contributed by atoms with E-state index < -0.39 is 6.04 Å². The van der Waals surface area contributed by atoms with Crippen LogP contribution < -0.4 is 5.32 Å². The SMILES string of the molecule is CCC(C(=O)NC1CCCCC1)N(Cc1ccccc1Cl)C(=O)CCCN1C(=O)c2ccccc2C1=O. The average molecular weight is 524 g/mol. The van der Waals surface area contributed by atoms with E-state index in [-0.39, 0.29) is 49.2 Å². The molecule has 1 heterocycles. The molecular formula is C29H34ClN3O4. The lowest BCUT2D eigenvalue weighted by Crippen LogP contribution is -2.51. The van der Waals surface area contributed by atoms with Crippen LogP contribution in [-0.4, -0.2) is 52.1 Å². The molecule has 0 bridgehead atoms. The Kier molecular flexibility index (Phi) is 8.98. The Morgan fingerprint density at radius 3 is 2.24 bits per heavy atom. The molecule has 1 fully saturated rings. The van der Waals surface area contributed by atoms with E-state index in [4.69, 9.17) is 11.6 Å². The van der Waals surface area contributed by atoms with Crippen LogP contribution in [0.1, 0.15) is 84.6 Å². The molecule has 2 aromatic carbocycles. The lowest BCUT2D eigenvalue weighted by molar-refractivity contribution is -0.141. The van der Waals surface area contributed by atoms with Gasteiger partial charge in [-0.05, 0) is 49.4 Å². The Labute approximate surface area is 223 Å². The molecule has 0 radical (unpaired) electrons. The third-order valence-electron chi connectivity index (χ3n) is 7.29. The van der Waals surface area contributed by atoms with E-state index in [1.165, 1.54) is 11.3 Å². The summed E-state index contributed by atoms with van der Waals surface area (Å²) in [5, 5.41) is 3.70. The molecule has 1 N–H and O–H groups in total. The summed E-state index contributed by atoms with van der Waals surface area (Å²) in [4.78, 5) is 55.0. The van der Waals surface area contributed by atoms with Crippen molar-refractivity contribution in [2.24, 2.45) is 0 Å². The van der Waals surface area contributed by atoms with Crippen molar-refractivity contribution in [2.75, 3.05) is 6.54 Å². The van der Waals surface area contributed by atoms with Gasteiger partial charge in [-0.15, -0.1) is 0 Å². The van der Waals surface area contributed by atoms with E-state index in [2.05, 4.69) is 5.32 Å². The monoisotopic (exact) mass is 523 g/mol. The average Bonchev–Trinajstić information content (AvgIpc) is 3.15. The first-order valence-corrected chi connectivity index (χ1v) is 13.6. The number of amides is 4. The summed E-state index contributed by atoms with van der Waals surface area (Å²) in [5.74, 6) is -1.02. The van der Waals surface area contributed by atoms with Crippen molar-refractivity contribution >= 4 is 35.2 Å². The molecule has 1 atom stereocenters. The first-order chi connectivity index (χ1) is 17.9. The predicted molar refractivity (Wildman–Crippen MR) is 142 cm³/mol. The second-order valence-electron chi connectivity index (χ2n) is 9.79. The van der Waals surface area contributed by atoms with Crippen LogP contribution in [0.2, 0.25) is 5.02 Å². The first kappa shape index (κ1) is 26.9. The molecule has 7 nitrogen and oxygen atoms in total. The maximum Gasteiger partial charge on any atom is 0.261 e. The van der Waals surface area contributed by atoms with Gasteiger partial charge < -0.3 is 10.2 Å². The number of benzene rings is 2. The lowest BCUT2D eigenvalue weighted by Gasteiger charge is -2.33. The summed E-state index contributed by atoms with van der Waals surface area (Å²) in [6.07, 6.45) is 6.18. The van der Waals surface area contributed by atoms with Gasteiger partial charge in [-0.2, -0.15) is 0 Å². The number of rotatable bonds is 10. The predicted octanol–water partition coefficient (Wildman–Crippen LogP) is 4.97. The Hall–Kier alpha value is -3.19. The standard InChI is InChI=1S/C29H34ClN3O4/c1-2-25(27(35)31-21-12-4-3-5-13-21)33(19-20-11-6-9-16-24(20)30)26(34)17-10-18-32-28(36)22-14-7-8-15-23(22)29(32)37/h6-9,11,14-16,21,25H,2-5,10,12-13,17-19H2,1H3,(H,31,35). The minimum absolute atomic E-state index is 0.102. The van der Waals surface area contributed by atoms with Crippen molar-refractivity contribution in [2.45, 2.75) is 76.9 Å². The molecule has 0 saturated heterocycles. The third-order valence-corrected chi connectivity index (χ3v) is 7.66. The smallest absolute Gasteiger partial charge is 0.261 e. The highest BCUT2D eigenvalue weighted by molar-refractivity contribution is 6.31. The Morgan fingerprint density at radius 2 is 1.62 bits per heavy atom. The van der Waals surface area contributed by atoms with Crippen molar-refractivity contribution < 1.29 is 19.2 Å². The van der Waals surface area contributed by atoms with Crippen LogP contribution in [-0.2, 0) is 16.1 Å². The largest absolute Gasteiger partial charge is 0.352 e. The van der Waals surface area contributed by atoms with E-state index in [1.807, 2.05) is 25.1 Å². The molecular weight excluding hydrogens is 490 g/mol. The number of imide groups is 1. The molecule has 4 amide bonds. The zero-order valence-electron chi connectivity index (χ0n) is 21.2. The van der Waals surface area contributed by atoms with Crippen molar-refractivity contribution in [1.29, 1.82) is 0 Å². The molecule has 196 valence electrons. The van der Waals surface area contributed by atoms with Crippen molar-refractivity contribution in [3.05, 3.63) is 70.2 Å². The maximum atomic E-state index is 13.5. The van der Waals surface area contributed by atoms with Crippen LogP contribution in [0.25, 0.3) is 0 Å². The topological polar surface area (TPSA) is 86.8 Å². The van der Waals surface area contributed by atoms with Crippen molar-refractivity contribution in [3.63, 3.8) is 0 Å². The van der Waals surface area contributed by atoms with Gasteiger partial charge in [-0.25, -0.2) is 0 Å². The fourth-order valence-electron chi connectivity index (χ4n) is 5.25. The third kappa shape index (κ3) is 6.21. The van der Waals surface area contributed by atoms with Gasteiger partial charge in [-0.3, -0.25) is 24.1 Å². The zero-order chi connectivity index (χ0) is 26.4. The number of nitrogens with one attached hydrogen (secondary N) is 1. The summed E-state index contributed by atoms with van der Waals surface area (Å²) >= 11 is 6.40. The molecule has 0 aromatic heterocycles. The van der Waals surface area contributed by atoms with Crippen LogP contribution in [0.4, 0.5) is 0 Å². The normalized spacial score (nSPS) is 16.4. The van der Waals surface area contributed by atoms with Gasteiger partial charge in [0.05, 0.1) is 11.1 Å². The van der Waals surface area contributed by atoms with Gasteiger partial charge in [0.1, 0.15) is 6.04 Å². The number of fused-ring (bicyclic) bond motifs is 1. The molecule has 1 unspecified atom stereocenters. The zero-order valence-corrected chi connectivity index (χ0v) is 22.0. The number of nitrogens with zero attached hydrogens (tertiary/aromatic N) is 2. The quantitative estimate of drug-likeness (QED) is 0.445. The van der Waals surface area contributed by atoms with Gasteiger partial charge in [0, 0.05) is 30.6 Å². The number of halogens is 1. The van der Waals surface area contributed by atoms with Gasteiger partial charge in [0.15, 0.2) is 0 Å². The Morgan fingerprint density at radius 1 is 1.00 bits per heavy atom. The highest BCUT2D eigenvalue weighted by atomic mass is 35.5. The molecule has 2 aromatic rings. The fraction of sp³-hybridized carbons (Fsp3) is 0.448. The molecule has 1 saturated carbocycles. The molecule has 0 spiro atoms. The van der Waals surface area contributed by atoms with E-state index >= 15 is 0 Å². The summed E-state index contributed by atoms with van der Waals surface area (Å²) in [5.41, 5.74) is 1.55. The number of hydrogen-bond donors (Lipinski definition) is 1. The number of carbonyl (C=O) groups is 4. The van der Waals surface area contributed by atoms with Crippen LogP contribution in [0.15, 0.2) is 48.5 Å². The fourth-order valence-corrected chi connectivity index (χ4v) is 5.44. The summed E-state index contributed by atoms with van der Waals surface area (Å²) in [6.45, 7) is 2.25. The van der Waals surface area contributed by atoms with Gasteiger partial charge in [0.2, 0.25) is 11.8 Å². The molecule has 2 aliphatic rings. The van der Waals surface area contributed by atoms with Crippen molar-refractivity contribution in [3.8, 4) is 0 Å². The highest BCUT2D eigenvalue weighted by Crippen LogP contribution is 2.24. The maximum absolute atomic E-state index is 13.5. The van der Waals surface area contributed by atoms with Crippen LogP contribution in [0.3, 0.4) is 0 Å². The lowest BCUT2D eigenvalue weighted by atomic mass is 9.95. The second kappa shape index (κ2) is 12.4. The van der Waals surface area contributed by atoms with Crippen LogP contribution in [0, 0.1) is 0 Å². The molecule has 1 aliphatic heterocycles. The number of hydrogen-bond acceptors (Lipinski definition) is 4. The molecule has 1 aliphatic carbocycles. The van der Waals surface area contributed by atoms with E-state index in [1.54, 1.807) is 35.2 Å². The summed E-state index contributed by atoms with van der Waals surface area (Å²) in [7, 11) is 0. The van der Waals surface area contributed by atoms with E-state index in [0.29, 0.717) is 29.0 Å². The van der Waals surface area contributed by atoms with Gasteiger partial charge in [-0.1, -0.05) is 68.1 Å². The summed E-state index contributed by atoms with van der Waals surface area (Å²) < 4.78 is 0. The Bertz CT molecular complexity index is 1130. The minimum atomic E-state index is -0.634. The summed E-state index contributed by atoms with van der Waals surface area (Å²) in [6, 6.07) is 13.6. The van der Waals surface area contributed by atoms with Crippen molar-refractivity contribution in [1.82, 2.24) is 15.1 Å². The van der Waals surface area contributed by atoms with E-state index in [9.17, 15) is 19.2 Å². The first-order valence-electron chi connectivity index (χ1n) is 13.2. The number of carbonyl (C=O) groups excluding carboxylic acids is 4. The highest BCUT2D eigenvalue weighted by Gasteiger charge is 2.35. The molecule has 4 rings (SSSR count). The molecule has 8 heteroatoms. The van der Waals surface area contributed by atoms with Gasteiger partial charge >= 0.3 is 0 Å².